The molecule has 1 aliphatic heterocycles. The summed E-state index contributed by atoms with van der Waals surface area (Å²) in [7, 11) is 3.76. The molecule has 1 atom stereocenters. The van der Waals surface area contributed by atoms with Crippen LogP contribution in [0.15, 0.2) is 24.3 Å². The number of benzene rings is 1. The van der Waals surface area contributed by atoms with Crippen LogP contribution in [-0.4, -0.2) is 52.8 Å². The van der Waals surface area contributed by atoms with Crippen LogP contribution in [0.1, 0.15) is 47.6 Å². The quantitative estimate of drug-likeness (QED) is 0.811. The lowest BCUT2D eigenvalue weighted by atomic mass is 9.88. The molecule has 1 aliphatic rings. The predicted molar refractivity (Wildman–Crippen MR) is 107 cm³/mol. The van der Waals surface area contributed by atoms with Crippen molar-refractivity contribution in [1.82, 2.24) is 19.9 Å². The van der Waals surface area contributed by atoms with E-state index in [0.29, 0.717) is 11.8 Å². The fourth-order valence-corrected chi connectivity index (χ4v) is 3.45. The molecular weight excluding hydrogens is 340 g/mol. The van der Waals surface area contributed by atoms with Crippen LogP contribution in [0.4, 0.5) is 11.9 Å². The molecule has 1 unspecified atom stereocenters. The van der Waals surface area contributed by atoms with Gasteiger partial charge in [0, 0.05) is 25.6 Å². The molecule has 1 saturated heterocycles. The zero-order valence-electron chi connectivity index (χ0n) is 16.5. The standard InChI is InChI=1S/C20H28N6O/c1-13-5-7-15(8-6-13)17(27)16-9-11-26(12-10-16)14(2)18-22-19(21)24-20(23-18)25(3)4/h5-8,14,16H,9-12H2,1-4H3,(H2,21,22,23,24). The molecule has 1 aromatic heterocycles. The fraction of sp³-hybridized carbons (Fsp3) is 0.500. The Bertz CT molecular complexity index is 797. The Morgan fingerprint density at radius 2 is 1.78 bits per heavy atom. The lowest BCUT2D eigenvalue weighted by molar-refractivity contribution is 0.0796. The van der Waals surface area contributed by atoms with Gasteiger partial charge in [0.25, 0.3) is 0 Å². The molecule has 27 heavy (non-hydrogen) atoms. The molecule has 0 spiro atoms. The Labute approximate surface area is 160 Å². The number of hydrogen-bond acceptors (Lipinski definition) is 7. The number of nitrogens with two attached hydrogens (primary N) is 1. The highest BCUT2D eigenvalue weighted by Crippen LogP contribution is 2.28. The van der Waals surface area contributed by atoms with E-state index in [2.05, 4.69) is 26.8 Å². The number of rotatable bonds is 5. The van der Waals surface area contributed by atoms with Gasteiger partial charge in [-0.25, -0.2) is 0 Å². The molecule has 144 valence electrons. The van der Waals surface area contributed by atoms with Gasteiger partial charge in [0.15, 0.2) is 11.6 Å². The molecule has 1 aromatic carbocycles. The Morgan fingerprint density at radius 3 is 2.37 bits per heavy atom. The van der Waals surface area contributed by atoms with Crippen molar-refractivity contribution >= 4 is 17.7 Å². The number of nitrogens with zero attached hydrogens (tertiary/aromatic N) is 5. The Morgan fingerprint density at radius 1 is 1.15 bits per heavy atom. The van der Waals surface area contributed by atoms with Gasteiger partial charge in [0.05, 0.1) is 6.04 Å². The average molecular weight is 368 g/mol. The van der Waals surface area contributed by atoms with Crippen molar-refractivity contribution in [2.45, 2.75) is 32.7 Å². The second-order valence-corrected chi connectivity index (χ2v) is 7.46. The van der Waals surface area contributed by atoms with Crippen molar-refractivity contribution in [2.75, 3.05) is 37.8 Å². The van der Waals surface area contributed by atoms with E-state index < -0.39 is 0 Å². The lowest BCUT2D eigenvalue weighted by Gasteiger charge is -2.35. The van der Waals surface area contributed by atoms with Gasteiger partial charge in [-0.2, -0.15) is 15.0 Å². The molecule has 0 aliphatic carbocycles. The number of carbonyl (C=O) groups is 1. The van der Waals surface area contributed by atoms with Gasteiger partial charge in [-0.1, -0.05) is 29.8 Å². The summed E-state index contributed by atoms with van der Waals surface area (Å²) in [4.78, 5) is 29.9. The summed E-state index contributed by atoms with van der Waals surface area (Å²) < 4.78 is 0. The zero-order chi connectivity index (χ0) is 19.6. The smallest absolute Gasteiger partial charge is 0.229 e. The van der Waals surface area contributed by atoms with Crippen molar-refractivity contribution in [2.24, 2.45) is 5.92 Å². The van der Waals surface area contributed by atoms with Crippen LogP contribution in [0.5, 0.6) is 0 Å². The van der Waals surface area contributed by atoms with E-state index in [-0.39, 0.29) is 23.7 Å². The molecule has 2 aromatic rings. The Balaban J connectivity index is 1.65. The largest absolute Gasteiger partial charge is 0.368 e. The van der Waals surface area contributed by atoms with E-state index in [1.165, 1.54) is 5.56 Å². The van der Waals surface area contributed by atoms with Gasteiger partial charge in [0.1, 0.15) is 0 Å². The molecule has 0 saturated carbocycles. The predicted octanol–water partition coefficient (Wildman–Crippen LogP) is 2.48. The molecule has 7 nitrogen and oxygen atoms in total. The van der Waals surface area contributed by atoms with Gasteiger partial charge < -0.3 is 10.6 Å². The highest BCUT2D eigenvalue weighted by Gasteiger charge is 2.29. The molecule has 0 radical (unpaired) electrons. The summed E-state index contributed by atoms with van der Waals surface area (Å²) in [5.74, 6) is 1.81. The maximum atomic E-state index is 12.7. The van der Waals surface area contributed by atoms with Gasteiger partial charge in [-0.05, 0) is 39.8 Å². The van der Waals surface area contributed by atoms with Crippen molar-refractivity contribution < 1.29 is 4.79 Å². The monoisotopic (exact) mass is 368 g/mol. The molecule has 7 heteroatoms. The second-order valence-electron chi connectivity index (χ2n) is 7.46. The summed E-state index contributed by atoms with van der Waals surface area (Å²) in [6, 6.07) is 7.89. The number of likely N-dealkylation sites (tertiary alicyclic amines) is 1. The SMILES string of the molecule is Cc1ccc(C(=O)C2CCN(C(C)c3nc(N)nc(N(C)C)n3)CC2)cc1. The first-order valence-electron chi connectivity index (χ1n) is 9.39. The minimum Gasteiger partial charge on any atom is -0.368 e. The van der Waals surface area contributed by atoms with Crippen molar-refractivity contribution in [3.8, 4) is 0 Å². The van der Waals surface area contributed by atoms with Crippen LogP contribution in [0.2, 0.25) is 0 Å². The van der Waals surface area contributed by atoms with Crippen molar-refractivity contribution in [3.63, 3.8) is 0 Å². The average Bonchev–Trinajstić information content (AvgIpc) is 2.67. The van der Waals surface area contributed by atoms with E-state index in [0.717, 1.165) is 31.5 Å². The highest BCUT2D eigenvalue weighted by atomic mass is 16.1. The summed E-state index contributed by atoms with van der Waals surface area (Å²) in [6.45, 7) is 5.79. The Hall–Kier alpha value is -2.54. The maximum Gasteiger partial charge on any atom is 0.229 e. The van der Waals surface area contributed by atoms with Gasteiger partial charge in [-0.15, -0.1) is 0 Å². The number of anilines is 2. The number of carbonyl (C=O) groups excluding carboxylic acids is 1. The maximum absolute atomic E-state index is 12.7. The van der Waals surface area contributed by atoms with E-state index in [1.54, 1.807) is 0 Å². The van der Waals surface area contributed by atoms with Crippen LogP contribution in [0, 0.1) is 12.8 Å². The number of nitrogen functional groups attached to an aromatic ring is 1. The summed E-state index contributed by atoms with van der Waals surface area (Å²) in [5, 5.41) is 0. The third-order valence-corrected chi connectivity index (χ3v) is 5.22. The normalized spacial score (nSPS) is 16.9. The van der Waals surface area contributed by atoms with Crippen LogP contribution < -0.4 is 10.6 Å². The molecule has 1 fully saturated rings. The number of aromatic nitrogens is 3. The number of aryl methyl sites for hydroxylation is 1. The molecule has 2 N–H and O–H groups in total. The van der Waals surface area contributed by atoms with E-state index >= 15 is 0 Å². The van der Waals surface area contributed by atoms with Gasteiger partial charge in [-0.3, -0.25) is 9.69 Å². The molecule has 0 bridgehead atoms. The van der Waals surface area contributed by atoms with Crippen LogP contribution in [0.25, 0.3) is 0 Å². The van der Waals surface area contributed by atoms with Gasteiger partial charge >= 0.3 is 0 Å². The minimum absolute atomic E-state index is 0.0319. The number of hydrogen-bond donors (Lipinski definition) is 1. The highest BCUT2D eigenvalue weighted by molar-refractivity contribution is 5.97. The number of ketones is 1. The van der Waals surface area contributed by atoms with E-state index in [4.69, 9.17) is 5.73 Å². The third-order valence-electron chi connectivity index (χ3n) is 5.22. The summed E-state index contributed by atoms with van der Waals surface area (Å²) in [6.07, 6.45) is 1.69. The molecular formula is C20H28N6O. The van der Waals surface area contributed by atoms with Crippen LogP contribution in [0.3, 0.4) is 0 Å². The molecule has 2 heterocycles. The number of Topliss-reactive ketones (excluding diaryl/α,β-unsaturated/α-hetero) is 1. The lowest BCUT2D eigenvalue weighted by Crippen LogP contribution is -2.38. The first kappa shape index (κ1) is 19.2. The second kappa shape index (κ2) is 8.00. The first-order valence-corrected chi connectivity index (χ1v) is 9.39. The number of piperidine rings is 1. The Kier molecular flexibility index (Phi) is 5.70. The topological polar surface area (TPSA) is 88.2 Å². The van der Waals surface area contributed by atoms with Crippen LogP contribution >= 0.6 is 0 Å². The van der Waals surface area contributed by atoms with Crippen molar-refractivity contribution in [3.05, 3.63) is 41.2 Å². The molecule has 0 amide bonds. The van der Waals surface area contributed by atoms with Crippen LogP contribution in [-0.2, 0) is 0 Å². The summed E-state index contributed by atoms with van der Waals surface area (Å²) >= 11 is 0. The zero-order valence-corrected chi connectivity index (χ0v) is 16.5. The minimum atomic E-state index is 0.0319. The van der Waals surface area contributed by atoms with Crippen molar-refractivity contribution in [1.29, 1.82) is 0 Å². The van der Waals surface area contributed by atoms with E-state index in [1.807, 2.05) is 50.2 Å². The first-order chi connectivity index (χ1) is 12.8. The van der Waals surface area contributed by atoms with Gasteiger partial charge in [0.2, 0.25) is 11.9 Å². The summed E-state index contributed by atoms with van der Waals surface area (Å²) in [5.41, 5.74) is 7.83. The fourth-order valence-electron chi connectivity index (χ4n) is 3.45. The molecule has 3 rings (SSSR count). The third kappa shape index (κ3) is 4.42. The van der Waals surface area contributed by atoms with E-state index in [9.17, 15) is 4.79 Å².